The van der Waals surface area contributed by atoms with Gasteiger partial charge in [0, 0.05) is 30.1 Å². The summed E-state index contributed by atoms with van der Waals surface area (Å²) in [4.78, 5) is 4.25. The van der Waals surface area contributed by atoms with Crippen LogP contribution < -0.4 is 5.32 Å². The lowest BCUT2D eigenvalue weighted by molar-refractivity contribution is 0.0764. The zero-order valence-electron chi connectivity index (χ0n) is 6.95. The van der Waals surface area contributed by atoms with Crippen molar-refractivity contribution >= 4 is 11.3 Å². The molecule has 4 heteroatoms. The van der Waals surface area contributed by atoms with Gasteiger partial charge in [-0.15, -0.1) is 11.3 Å². The summed E-state index contributed by atoms with van der Waals surface area (Å²) in [7, 11) is 0. The Morgan fingerprint density at radius 3 is 2.92 bits per heavy atom. The lowest BCUT2D eigenvalue weighted by atomic mass is 9.97. The summed E-state index contributed by atoms with van der Waals surface area (Å²) in [6, 6.07) is 0. The first-order chi connectivity index (χ1) is 5.77. The molecule has 0 amide bonds. The lowest BCUT2D eigenvalue weighted by Gasteiger charge is -2.30. The predicted molar refractivity (Wildman–Crippen MR) is 48.2 cm³/mol. The van der Waals surface area contributed by atoms with E-state index in [9.17, 15) is 5.11 Å². The number of hydrogen-bond donors (Lipinski definition) is 2. The minimum atomic E-state index is -0.357. The number of aliphatic hydroxyl groups excluding tert-OH is 1. The summed E-state index contributed by atoms with van der Waals surface area (Å²) in [5.41, 5.74) is 1.00. The van der Waals surface area contributed by atoms with Crippen molar-refractivity contribution < 1.29 is 5.11 Å². The number of hydrogen-bond acceptors (Lipinski definition) is 4. The van der Waals surface area contributed by atoms with Gasteiger partial charge in [-0.1, -0.05) is 0 Å². The maximum absolute atomic E-state index is 9.76. The summed E-state index contributed by atoms with van der Waals surface area (Å²) in [6.07, 6.45) is -0.357. The van der Waals surface area contributed by atoms with Crippen LogP contribution in [0, 0.1) is 12.8 Å². The highest BCUT2D eigenvalue weighted by Crippen LogP contribution is 2.26. The number of nitrogens with zero attached hydrogens (tertiary/aromatic N) is 1. The van der Waals surface area contributed by atoms with Crippen LogP contribution in [0.4, 0.5) is 0 Å². The van der Waals surface area contributed by atoms with E-state index in [0.717, 1.165) is 23.8 Å². The minimum absolute atomic E-state index is 0.357. The van der Waals surface area contributed by atoms with Crippen LogP contribution in [-0.4, -0.2) is 23.2 Å². The van der Waals surface area contributed by atoms with Crippen molar-refractivity contribution in [1.29, 1.82) is 0 Å². The van der Waals surface area contributed by atoms with Gasteiger partial charge in [-0.05, 0) is 6.92 Å². The molecule has 0 bridgehead atoms. The van der Waals surface area contributed by atoms with Gasteiger partial charge in [0.25, 0.3) is 0 Å². The van der Waals surface area contributed by atoms with Crippen LogP contribution in [0.15, 0.2) is 5.38 Å². The number of thiazole rings is 1. The Bertz CT molecular complexity index is 270. The molecule has 0 aromatic carbocycles. The van der Waals surface area contributed by atoms with Gasteiger partial charge in [-0.3, -0.25) is 0 Å². The van der Waals surface area contributed by atoms with Crippen molar-refractivity contribution in [3.05, 3.63) is 16.1 Å². The summed E-state index contributed by atoms with van der Waals surface area (Å²) < 4.78 is 0. The average molecular weight is 184 g/mol. The third-order valence-corrected chi connectivity index (χ3v) is 3.18. The molecule has 2 N–H and O–H groups in total. The van der Waals surface area contributed by atoms with Crippen LogP contribution in [-0.2, 0) is 0 Å². The van der Waals surface area contributed by atoms with E-state index in [-0.39, 0.29) is 6.10 Å². The minimum Gasteiger partial charge on any atom is -0.386 e. The first-order valence-corrected chi connectivity index (χ1v) is 4.96. The highest BCUT2D eigenvalue weighted by molar-refractivity contribution is 7.09. The topological polar surface area (TPSA) is 45.1 Å². The summed E-state index contributed by atoms with van der Waals surface area (Å²) in [5.74, 6) is 0.371. The van der Waals surface area contributed by atoms with Crippen LogP contribution in [0.5, 0.6) is 0 Å². The number of aromatic nitrogens is 1. The van der Waals surface area contributed by atoms with Crippen LogP contribution in [0.2, 0.25) is 0 Å². The van der Waals surface area contributed by atoms with E-state index in [0.29, 0.717) is 5.92 Å². The maximum atomic E-state index is 9.76. The fourth-order valence-electron chi connectivity index (χ4n) is 1.24. The molecule has 1 aromatic rings. The summed E-state index contributed by atoms with van der Waals surface area (Å²) >= 11 is 1.55. The Hall–Kier alpha value is -0.450. The molecule has 1 saturated heterocycles. The van der Waals surface area contributed by atoms with E-state index in [4.69, 9.17) is 0 Å². The highest BCUT2D eigenvalue weighted by atomic mass is 32.1. The fourth-order valence-corrected chi connectivity index (χ4v) is 2.12. The second-order valence-corrected chi connectivity index (χ2v) is 4.08. The second-order valence-electron chi connectivity index (χ2n) is 3.19. The molecule has 2 rings (SSSR count). The number of rotatable bonds is 2. The molecule has 0 spiro atoms. The van der Waals surface area contributed by atoms with Gasteiger partial charge in [0.1, 0.15) is 11.1 Å². The molecule has 66 valence electrons. The van der Waals surface area contributed by atoms with E-state index < -0.39 is 0 Å². The quantitative estimate of drug-likeness (QED) is 0.711. The molecule has 2 heterocycles. The zero-order chi connectivity index (χ0) is 8.55. The monoisotopic (exact) mass is 184 g/mol. The standard InChI is InChI=1S/C8H12N2OS/c1-5-4-12-8(10-5)7(11)6-2-9-3-6/h4,6-7,9,11H,2-3H2,1H3. The van der Waals surface area contributed by atoms with Crippen molar-refractivity contribution in [3.63, 3.8) is 0 Å². The first kappa shape index (κ1) is 8.16. The van der Waals surface area contributed by atoms with Crippen molar-refractivity contribution in [2.75, 3.05) is 13.1 Å². The smallest absolute Gasteiger partial charge is 0.122 e. The first-order valence-electron chi connectivity index (χ1n) is 4.08. The van der Waals surface area contributed by atoms with E-state index in [1.165, 1.54) is 0 Å². The SMILES string of the molecule is Cc1csc(C(O)C2CNC2)n1. The van der Waals surface area contributed by atoms with Gasteiger partial charge in [-0.25, -0.2) is 4.98 Å². The molecule has 1 fully saturated rings. The van der Waals surface area contributed by atoms with E-state index in [2.05, 4.69) is 10.3 Å². The van der Waals surface area contributed by atoms with Gasteiger partial charge < -0.3 is 10.4 Å². The third-order valence-electron chi connectivity index (χ3n) is 2.15. The van der Waals surface area contributed by atoms with Gasteiger partial charge >= 0.3 is 0 Å². The molecule has 1 aliphatic heterocycles. The lowest BCUT2D eigenvalue weighted by Crippen LogP contribution is -2.45. The Morgan fingerprint density at radius 2 is 2.50 bits per heavy atom. The Morgan fingerprint density at radius 1 is 1.75 bits per heavy atom. The molecule has 3 nitrogen and oxygen atoms in total. The van der Waals surface area contributed by atoms with Crippen LogP contribution >= 0.6 is 11.3 Å². The summed E-state index contributed by atoms with van der Waals surface area (Å²) in [6.45, 7) is 3.78. The molecule has 0 aliphatic carbocycles. The van der Waals surface area contributed by atoms with Crippen molar-refractivity contribution in [2.24, 2.45) is 5.92 Å². The summed E-state index contributed by atoms with van der Waals surface area (Å²) in [5, 5.41) is 15.7. The third kappa shape index (κ3) is 1.37. The number of aryl methyl sites for hydroxylation is 1. The number of aliphatic hydroxyl groups is 1. The van der Waals surface area contributed by atoms with E-state index in [1.807, 2.05) is 12.3 Å². The second kappa shape index (κ2) is 3.12. The molecule has 0 radical (unpaired) electrons. The van der Waals surface area contributed by atoms with Crippen molar-refractivity contribution in [1.82, 2.24) is 10.3 Å². The Kier molecular flexibility index (Phi) is 2.12. The van der Waals surface area contributed by atoms with Crippen LogP contribution in [0.3, 0.4) is 0 Å². The van der Waals surface area contributed by atoms with Crippen molar-refractivity contribution in [3.8, 4) is 0 Å². The average Bonchev–Trinajstić information content (AvgIpc) is 2.31. The number of nitrogens with one attached hydrogen (secondary N) is 1. The normalized spacial score (nSPS) is 20.5. The maximum Gasteiger partial charge on any atom is 0.122 e. The van der Waals surface area contributed by atoms with Gasteiger partial charge in [0.15, 0.2) is 0 Å². The van der Waals surface area contributed by atoms with Crippen LogP contribution in [0.1, 0.15) is 16.8 Å². The largest absolute Gasteiger partial charge is 0.386 e. The predicted octanol–water partition coefficient (Wildman–Crippen LogP) is 0.704. The fraction of sp³-hybridized carbons (Fsp3) is 0.625. The molecule has 1 atom stereocenters. The van der Waals surface area contributed by atoms with Gasteiger partial charge in [0.2, 0.25) is 0 Å². The van der Waals surface area contributed by atoms with Gasteiger partial charge in [-0.2, -0.15) is 0 Å². The van der Waals surface area contributed by atoms with Crippen molar-refractivity contribution in [2.45, 2.75) is 13.0 Å². The molecule has 1 aliphatic rings. The Balaban J connectivity index is 2.08. The highest BCUT2D eigenvalue weighted by Gasteiger charge is 2.28. The molecule has 12 heavy (non-hydrogen) atoms. The zero-order valence-corrected chi connectivity index (χ0v) is 7.77. The van der Waals surface area contributed by atoms with Gasteiger partial charge in [0.05, 0.1) is 0 Å². The molecule has 0 saturated carbocycles. The molecular formula is C8H12N2OS. The molecular weight excluding hydrogens is 172 g/mol. The van der Waals surface area contributed by atoms with E-state index >= 15 is 0 Å². The molecule has 1 unspecified atom stereocenters. The van der Waals surface area contributed by atoms with E-state index in [1.54, 1.807) is 11.3 Å². The molecule has 1 aromatic heterocycles. The van der Waals surface area contributed by atoms with Crippen LogP contribution in [0.25, 0.3) is 0 Å². The Labute approximate surface area is 75.5 Å².